The van der Waals surface area contributed by atoms with Crippen molar-refractivity contribution in [1.29, 1.82) is 0 Å². The minimum Gasteiger partial charge on any atom is -0.491 e. The lowest BCUT2D eigenvalue weighted by molar-refractivity contribution is 0.0995. The highest BCUT2D eigenvalue weighted by Crippen LogP contribution is 2.48. The van der Waals surface area contributed by atoms with Crippen molar-refractivity contribution in [3.8, 4) is 5.75 Å². The maximum atomic E-state index is 12.5. The molecule has 8 nitrogen and oxygen atoms in total. The third-order valence-electron chi connectivity index (χ3n) is 6.79. The molecule has 40 heavy (non-hydrogen) atoms. The molecule has 0 saturated carbocycles. The molecule has 2 N–H and O–H groups in total. The van der Waals surface area contributed by atoms with Crippen molar-refractivity contribution in [2.24, 2.45) is 0 Å². The Kier molecular flexibility index (Phi) is 10.5. The van der Waals surface area contributed by atoms with E-state index >= 15 is 0 Å². The smallest absolute Gasteiger partial charge is 0.330 e. The average Bonchev–Trinajstić information content (AvgIpc) is 2.92. The van der Waals surface area contributed by atoms with Crippen LogP contribution in [0.1, 0.15) is 42.5 Å². The highest BCUT2D eigenvalue weighted by molar-refractivity contribution is 7.53. The number of aromatic nitrogens is 2. The van der Waals surface area contributed by atoms with Gasteiger partial charge in [-0.3, -0.25) is 9.55 Å². The second kappa shape index (κ2) is 14.0. The van der Waals surface area contributed by atoms with Crippen LogP contribution in [0.3, 0.4) is 0 Å². The van der Waals surface area contributed by atoms with Gasteiger partial charge in [0.2, 0.25) is 0 Å². The van der Waals surface area contributed by atoms with Crippen molar-refractivity contribution in [3.05, 3.63) is 70.9 Å². The standard InChI is InChI=1S/C31H40N3O5P/c1-5-38-40(35,39-6-2)19-7-16-36-17-18-37-26-12-11-24(23(4)21-26)9-10-25-14-15-33-30-29(25)27-13-8-22(3)20-28(27)34-31(30)32/h8,11-15,20-21H,5-7,9-10,16-19H2,1-4H3,(H2,32,34). The molecular formula is C31H40N3O5P. The molecule has 0 spiro atoms. The fraction of sp³-hybridized carbons (Fsp3) is 0.419. The van der Waals surface area contributed by atoms with Crippen LogP contribution in [0.5, 0.6) is 5.75 Å². The molecule has 2 aromatic heterocycles. The second-order valence-electron chi connectivity index (χ2n) is 9.78. The molecule has 0 aliphatic heterocycles. The normalized spacial score (nSPS) is 11.9. The Hall–Kier alpha value is -3.03. The van der Waals surface area contributed by atoms with Crippen molar-refractivity contribution in [2.45, 2.75) is 47.0 Å². The lowest BCUT2D eigenvalue weighted by Gasteiger charge is -2.16. The second-order valence-corrected chi connectivity index (χ2v) is 12.0. The maximum Gasteiger partial charge on any atom is 0.330 e. The zero-order valence-electron chi connectivity index (χ0n) is 23.9. The number of aryl methyl sites for hydroxylation is 4. The minimum atomic E-state index is -3.01. The number of pyridine rings is 2. The Morgan fingerprint density at radius 1 is 0.900 bits per heavy atom. The van der Waals surface area contributed by atoms with Crippen LogP contribution in [0.25, 0.3) is 21.8 Å². The molecule has 4 rings (SSSR count). The van der Waals surface area contributed by atoms with E-state index in [9.17, 15) is 4.57 Å². The van der Waals surface area contributed by atoms with Crippen LogP contribution >= 0.6 is 7.60 Å². The van der Waals surface area contributed by atoms with Gasteiger partial charge in [-0.05, 0) is 93.5 Å². The first kappa shape index (κ1) is 29.9. The average molecular weight is 566 g/mol. The summed E-state index contributed by atoms with van der Waals surface area (Å²) < 4.78 is 34.6. The largest absolute Gasteiger partial charge is 0.491 e. The van der Waals surface area contributed by atoms with Crippen LogP contribution in [0.2, 0.25) is 0 Å². The Morgan fingerprint density at radius 3 is 2.42 bits per heavy atom. The van der Waals surface area contributed by atoms with Crippen molar-refractivity contribution in [2.75, 3.05) is 44.9 Å². The van der Waals surface area contributed by atoms with Crippen molar-refractivity contribution >= 4 is 35.2 Å². The van der Waals surface area contributed by atoms with Gasteiger partial charge in [-0.1, -0.05) is 18.2 Å². The highest BCUT2D eigenvalue weighted by atomic mass is 31.2. The number of nitrogen functional groups attached to an aromatic ring is 1. The number of nitrogens with zero attached hydrogens (tertiary/aromatic N) is 2. The minimum absolute atomic E-state index is 0.353. The summed E-state index contributed by atoms with van der Waals surface area (Å²) in [5, 5.41) is 2.17. The SMILES string of the molecule is CCOP(=O)(CCCOCCOc1ccc(CCc2ccnc3c(N)nc4cc(C)ccc4c23)c(C)c1)OCC. The van der Waals surface area contributed by atoms with Crippen molar-refractivity contribution in [3.63, 3.8) is 0 Å². The van der Waals surface area contributed by atoms with E-state index in [1.165, 1.54) is 16.7 Å². The third kappa shape index (κ3) is 7.58. The summed E-state index contributed by atoms with van der Waals surface area (Å²) in [6, 6.07) is 14.6. The Balaban J connectivity index is 1.30. The molecule has 0 saturated heterocycles. The molecule has 4 aromatic rings. The molecule has 0 radical (unpaired) electrons. The molecule has 0 fully saturated rings. The Morgan fingerprint density at radius 2 is 1.68 bits per heavy atom. The summed E-state index contributed by atoms with van der Waals surface area (Å²) in [6.45, 7) is 9.91. The molecule has 2 aromatic carbocycles. The van der Waals surface area contributed by atoms with E-state index in [1.807, 2.05) is 26.1 Å². The highest BCUT2D eigenvalue weighted by Gasteiger charge is 2.22. The van der Waals surface area contributed by atoms with Crippen LogP contribution in [-0.2, 0) is 31.2 Å². The molecule has 0 atom stereocenters. The molecule has 2 heterocycles. The zero-order valence-corrected chi connectivity index (χ0v) is 24.8. The van der Waals surface area contributed by atoms with E-state index < -0.39 is 7.60 Å². The van der Waals surface area contributed by atoms with Crippen LogP contribution in [0.4, 0.5) is 5.82 Å². The number of hydrogen-bond donors (Lipinski definition) is 1. The molecule has 0 bridgehead atoms. The van der Waals surface area contributed by atoms with Crippen molar-refractivity contribution in [1.82, 2.24) is 9.97 Å². The monoisotopic (exact) mass is 565 g/mol. The van der Waals surface area contributed by atoms with E-state index in [4.69, 9.17) is 24.3 Å². The number of rotatable bonds is 15. The fourth-order valence-electron chi connectivity index (χ4n) is 4.88. The molecule has 0 aliphatic carbocycles. The summed E-state index contributed by atoms with van der Waals surface area (Å²) in [7, 11) is -3.01. The lowest BCUT2D eigenvalue weighted by atomic mass is 9.96. The van der Waals surface area contributed by atoms with Gasteiger partial charge < -0.3 is 24.3 Å². The van der Waals surface area contributed by atoms with E-state index in [0.29, 0.717) is 51.4 Å². The summed E-state index contributed by atoms with van der Waals surface area (Å²) >= 11 is 0. The van der Waals surface area contributed by atoms with Gasteiger partial charge in [0, 0.05) is 23.6 Å². The van der Waals surface area contributed by atoms with E-state index in [0.717, 1.165) is 46.0 Å². The molecular weight excluding hydrogens is 525 g/mol. The lowest BCUT2D eigenvalue weighted by Crippen LogP contribution is -2.09. The van der Waals surface area contributed by atoms with Crippen LogP contribution in [-0.4, -0.2) is 49.2 Å². The summed E-state index contributed by atoms with van der Waals surface area (Å²) in [4.78, 5) is 9.12. The van der Waals surface area contributed by atoms with Gasteiger partial charge in [-0.25, -0.2) is 4.98 Å². The van der Waals surface area contributed by atoms with E-state index in [-0.39, 0.29) is 0 Å². The quantitative estimate of drug-likeness (QED) is 0.0951. The molecule has 0 unspecified atom stereocenters. The number of ether oxygens (including phenoxy) is 2. The first-order valence-electron chi connectivity index (χ1n) is 13.9. The number of fused-ring (bicyclic) bond motifs is 3. The third-order valence-corrected chi connectivity index (χ3v) is 8.96. The first-order valence-corrected chi connectivity index (χ1v) is 15.7. The molecule has 214 valence electrons. The van der Waals surface area contributed by atoms with Crippen molar-refractivity contribution < 1.29 is 23.1 Å². The van der Waals surface area contributed by atoms with Crippen LogP contribution < -0.4 is 10.5 Å². The number of hydrogen-bond acceptors (Lipinski definition) is 8. The number of anilines is 1. The topological polar surface area (TPSA) is 106 Å². The fourth-order valence-corrected chi connectivity index (χ4v) is 6.52. The number of benzene rings is 2. The molecule has 0 aliphatic rings. The predicted octanol–water partition coefficient (Wildman–Crippen LogP) is 6.82. The Bertz CT molecular complexity index is 1480. The van der Waals surface area contributed by atoms with E-state index in [1.54, 1.807) is 0 Å². The van der Waals surface area contributed by atoms with Gasteiger partial charge in [0.25, 0.3) is 0 Å². The Labute approximate surface area is 236 Å². The molecule has 0 amide bonds. The summed E-state index contributed by atoms with van der Waals surface area (Å²) in [6.07, 6.45) is 4.53. The first-order chi connectivity index (χ1) is 19.3. The maximum absolute atomic E-state index is 12.5. The van der Waals surface area contributed by atoms with Gasteiger partial charge in [-0.2, -0.15) is 0 Å². The van der Waals surface area contributed by atoms with Gasteiger partial charge in [-0.15, -0.1) is 0 Å². The van der Waals surface area contributed by atoms with Gasteiger partial charge in [0.15, 0.2) is 5.82 Å². The molecule has 9 heteroatoms. The zero-order chi connectivity index (χ0) is 28.5. The van der Waals surface area contributed by atoms with Gasteiger partial charge in [0.1, 0.15) is 17.9 Å². The number of nitrogens with two attached hydrogens (primary N) is 1. The summed E-state index contributed by atoms with van der Waals surface area (Å²) in [5.41, 5.74) is 12.8. The van der Waals surface area contributed by atoms with Gasteiger partial charge >= 0.3 is 7.60 Å². The van der Waals surface area contributed by atoms with Crippen LogP contribution in [0.15, 0.2) is 48.7 Å². The van der Waals surface area contributed by atoms with Crippen LogP contribution in [0, 0.1) is 13.8 Å². The predicted molar refractivity (Wildman–Crippen MR) is 161 cm³/mol. The van der Waals surface area contributed by atoms with Gasteiger partial charge in [0.05, 0.1) is 31.5 Å². The summed E-state index contributed by atoms with van der Waals surface area (Å²) in [5.74, 6) is 1.28. The van der Waals surface area contributed by atoms with E-state index in [2.05, 4.69) is 60.2 Å².